The van der Waals surface area contributed by atoms with Gasteiger partial charge in [-0.15, -0.1) is 0 Å². The van der Waals surface area contributed by atoms with Gasteiger partial charge in [0.05, 0.1) is 28.8 Å². The van der Waals surface area contributed by atoms with Gasteiger partial charge in [0.15, 0.2) is 0 Å². The Labute approximate surface area is 198 Å². The molecule has 0 aliphatic rings. The van der Waals surface area contributed by atoms with Gasteiger partial charge in [-0.05, 0) is 56.2 Å². The molecule has 0 amide bonds. The maximum absolute atomic E-state index is 13.4. The predicted molar refractivity (Wildman–Crippen MR) is 131 cm³/mol. The summed E-state index contributed by atoms with van der Waals surface area (Å²) in [5.74, 6) is -1.03. The Morgan fingerprint density at radius 3 is 2.35 bits per heavy atom. The second-order valence-electron chi connectivity index (χ2n) is 8.13. The number of hydrogen-bond acceptors (Lipinski definition) is 5. The summed E-state index contributed by atoms with van der Waals surface area (Å²) in [4.78, 5) is 25.6. The SMILES string of the molecule is COC(=O)c1cn(C(=O)c2ccc(C)c(S(=O)(=O)Nc3ccc(C)cc3C)c2)c2ccccc12. The number of aromatic nitrogens is 1. The van der Waals surface area contributed by atoms with Gasteiger partial charge in [-0.2, -0.15) is 0 Å². The standard InChI is InChI=1S/C26H24N2O5S/c1-16-9-12-22(18(3)13-16)27-34(31,32)24-14-19(11-10-17(24)2)25(29)28-15-21(26(30)33-4)20-7-5-6-8-23(20)28/h5-15,27H,1-4H3. The average molecular weight is 477 g/mol. The maximum atomic E-state index is 13.4. The van der Waals surface area contributed by atoms with Gasteiger partial charge in [0, 0.05) is 17.1 Å². The largest absolute Gasteiger partial charge is 0.465 e. The number of aryl methyl sites for hydroxylation is 3. The molecule has 0 atom stereocenters. The zero-order valence-corrected chi connectivity index (χ0v) is 20.1. The summed E-state index contributed by atoms with van der Waals surface area (Å²) in [5.41, 5.74) is 3.73. The molecule has 0 radical (unpaired) electrons. The van der Waals surface area contributed by atoms with Crippen molar-refractivity contribution in [1.29, 1.82) is 0 Å². The van der Waals surface area contributed by atoms with Crippen molar-refractivity contribution < 1.29 is 22.7 Å². The molecule has 4 aromatic rings. The van der Waals surface area contributed by atoms with E-state index >= 15 is 0 Å². The monoisotopic (exact) mass is 476 g/mol. The molecule has 0 unspecified atom stereocenters. The number of ether oxygens (including phenoxy) is 1. The van der Waals surface area contributed by atoms with E-state index in [2.05, 4.69) is 4.72 Å². The first-order valence-electron chi connectivity index (χ1n) is 10.6. The molecular weight excluding hydrogens is 452 g/mol. The molecule has 1 aromatic heterocycles. The van der Waals surface area contributed by atoms with Crippen LogP contribution in [0.2, 0.25) is 0 Å². The van der Waals surface area contributed by atoms with Gasteiger partial charge in [0.1, 0.15) is 0 Å². The van der Waals surface area contributed by atoms with Gasteiger partial charge >= 0.3 is 5.97 Å². The maximum Gasteiger partial charge on any atom is 0.340 e. The minimum absolute atomic E-state index is 0.00276. The minimum Gasteiger partial charge on any atom is -0.465 e. The van der Waals surface area contributed by atoms with Gasteiger partial charge in [-0.1, -0.05) is 42.0 Å². The first-order valence-corrected chi connectivity index (χ1v) is 12.0. The number of hydrogen-bond donors (Lipinski definition) is 1. The number of nitrogens with zero attached hydrogens (tertiary/aromatic N) is 1. The first-order chi connectivity index (χ1) is 16.1. The van der Waals surface area contributed by atoms with E-state index in [0.29, 0.717) is 22.2 Å². The molecule has 1 N–H and O–H groups in total. The van der Waals surface area contributed by atoms with E-state index in [1.807, 2.05) is 26.0 Å². The highest BCUT2D eigenvalue weighted by atomic mass is 32.2. The molecule has 0 saturated carbocycles. The van der Waals surface area contributed by atoms with Crippen LogP contribution in [0, 0.1) is 20.8 Å². The molecule has 34 heavy (non-hydrogen) atoms. The van der Waals surface area contributed by atoms with E-state index < -0.39 is 21.9 Å². The number of methoxy groups -OCH3 is 1. The van der Waals surface area contributed by atoms with Crippen molar-refractivity contribution >= 4 is 38.5 Å². The molecule has 0 bridgehead atoms. The number of esters is 1. The third-order valence-electron chi connectivity index (χ3n) is 5.69. The van der Waals surface area contributed by atoms with Crippen LogP contribution in [0.25, 0.3) is 10.9 Å². The van der Waals surface area contributed by atoms with Gasteiger partial charge in [0.2, 0.25) is 0 Å². The number of fused-ring (bicyclic) bond motifs is 1. The molecule has 0 aliphatic carbocycles. The Bertz CT molecular complexity index is 1550. The van der Waals surface area contributed by atoms with Crippen molar-refractivity contribution in [3.05, 3.63) is 94.7 Å². The fourth-order valence-corrected chi connectivity index (χ4v) is 5.31. The van der Waals surface area contributed by atoms with Gasteiger partial charge < -0.3 is 4.74 Å². The molecule has 0 aliphatic heterocycles. The number of nitrogens with one attached hydrogen (secondary N) is 1. The van der Waals surface area contributed by atoms with Crippen LogP contribution in [0.5, 0.6) is 0 Å². The van der Waals surface area contributed by atoms with Gasteiger partial charge in [-0.25, -0.2) is 13.2 Å². The Morgan fingerprint density at radius 1 is 0.912 bits per heavy atom. The zero-order chi connectivity index (χ0) is 24.6. The lowest BCUT2D eigenvalue weighted by atomic mass is 10.1. The zero-order valence-electron chi connectivity index (χ0n) is 19.2. The highest BCUT2D eigenvalue weighted by molar-refractivity contribution is 7.92. The van der Waals surface area contributed by atoms with E-state index in [0.717, 1.165) is 11.1 Å². The number of para-hydroxylation sites is 1. The first kappa shape index (κ1) is 23.3. The molecule has 0 saturated heterocycles. The van der Waals surface area contributed by atoms with Crippen LogP contribution >= 0.6 is 0 Å². The van der Waals surface area contributed by atoms with Crippen LogP contribution in [-0.4, -0.2) is 32.0 Å². The van der Waals surface area contributed by atoms with E-state index in [9.17, 15) is 18.0 Å². The fourth-order valence-electron chi connectivity index (χ4n) is 3.91. The van der Waals surface area contributed by atoms with Crippen molar-refractivity contribution in [1.82, 2.24) is 4.57 Å². The Morgan fingerprint density at radius 2 is 1.65 bits per heavy atom. The molecule has 0 fully saturated rings. The Hall–Kier alpha value is -3.91. The van der Waals surface area contributed by atoms with E-state index in [1.165, 1.54) is 23.9 Å². The molecule has 7 nitrogen and oxygen atoms in total. The molecule has 0 spiro atoms. The summed E-state index contributed by atoms with van der Waals surface area (Å²) < 4.78 is 35.3. The lowest BCUT2D eigenvalue weighted by Gasteiger charge is -2.14. The van der Waals surface area contributed by atoms with Crippen LogP contribution in [0.15, 0.2) is 71.8 Å². The summed E-state index contributed by atoms with van der Waals surface area (Å²) >= 11 is 0. The second-order valence-corrected chi connectivity index (χ2v) is 9.78. The number of sulfonamides is 1. The number of anilines is 1. The molecular formula is C26H24N2O5S. The van der Waals surface area contributed by atoms with Crippen LogP contribution in [-0.2, 0) is 14.8 Å². The van der Waals surface area contributed by atoms with E-state index in [1.54, 1.807) is 49.4 Å². The number of carbonyl (C=O) groups is 2. The lowest BCUT2D eigenvalue weighted by Crippen LogP contribution is -2.17. The third-order valence-corrected chi connectivity index (χ3v) is 7.19. The number of rotatable bonds is 5. The van der Waals surface area contributed by atoms with Crippen molar-refractivity contribution in [2.45, 2.75) is 25.7 Å². The van der Waals surface area contributed by atoms with Crippen molar-refractivity contribution in [2.24, 2.45) is 0 Å². The average Bonchev–Trinajstić information content (AvgIpc) is 3.20. The lowest BCUT2D eigenvalue weighted by molar-refractivity contribution is 0.0603. The summed E-state index contributed by atoms with van der Waals surface area (Å²) in [7, 11) is -2.68. The fraction of sp³-hybridized carbons (Fsp3) is 0.154. The van der Waals surface area contributed by atoms with Gasteiger partial charge in [0.25, 0.3) is 15.9 Å². The summed E-state index contributed by atoms with van der Waals surface area (Å²) in [6, 6.07) is 16.9. The van der Waals surface area contributed by atoms with E-state index in [4.69, 9.17) is 4.74 Å². The minimum atomic E-state index is -3.96. The van der Waals surface area contributed by atoms with Crippen molar-refractivity contribution in [3.8, 4) is 0 Å². The van der Waals surface area contributed by atoms with Crippen molar-refractivity contribution in [2.75, 3.05) is 11.8 Å². The molecule has 3 aromatic carbocycles. The predicted octanol–water partition coefficient (Wildman–Crippen LogP) is 4.84. The smallest absolute Gasteiger partial charge is 0.340 e. The quantitative estimate of drug-likeness (QED) is 0.416. The number of carbonyl (C=O) groups excluding carboxylic acids is 2. The normalized spacial score (nSPS) is 11.4. The van der Waals surface area contributed by atoms with Crippen molar-refractivity contribution in [3.63, 3.8) is 0 Å². The Balaban J connectivity index is 1.77. The topological polar surface area (TPSA) is 94.5 Å². The second kappa shape index (κ2) is 8.79. The molecule has 4 rings (SSSR count). The summed E-state index contributed by atoms with van der Waals surface area (Å²) in [5, 5.41) is 0.569. The molecule has 8 heteroatoms. The Kier molecular flexibility index (Phi) is 6.01. The molecule has 174 valence electrons. The van der Waals surface area contributed by atoms with Crippen LogP contribution < -0.4 is 4.72 Å². The van der Waals surface area contributed by atoms with Gasteiger partial charge in [-0.3, -0.25) is 14.1 Å². The summed E-state index contributed by atoms with van der Waals surface area (Å²) in [6.07, 6.45) is 1.42. The van der Waals surface area contributed by atoms with Crippen LogP contribution in [0.3, 0.4) is 0 Å². The highest BCUT2D eigenvalue weighted by Gasteiger charge is 2.23. The third kappa shape index (κ3) is 4.20. The van der Waals surface area contributed by atoms with E-state index in [-0.39, 0.29) is 16.0 Å². The highest BCUT2D eigenvalue weighted by Crippen LogP contribution is 2.26. The molecule has 1 heterocycles. The summed E-state index contributed by atoms with van der Waals surface area (Å²) in [6.45, 7) is 5.43. The van der Waals surface area contributed by atoms with Crippen LogP contribution in [0.1, 0.15) is 37.4 Å². The number of benzene rings is 3. The van der Waals surface area contributed by atoms with Crippen LogP contribution in [0.4, 0.5) is 5.69 Å².